The summed E-state index contributed by atoms with van der Waals surface area (Å²) in [5, 5.41) is 13.5. The second-order valence-corrected chi connectivity index (χ2v) is 4.53. The van der Waals surface area contributed by atoms with E-state index in [4.69, 9.17) is 0 Å². The van der Waals surface area contributed by atoms with Gasteiger partial charge in [0.1, 0.15) is 5.82 Å². The maximum atomic E-state index is 13.6. The minimum Gasteiger partial charge on any atom is -0.394 e. The molecule has 3 N–H and O–H groups in total. The molecule has 0 fully saturated rings. The zero-order valence-corrected chi connectivity index (χ0v) is 9.91. The molecule has 1 unspecified atom stereocenters. The molecule has 1 atom stereocenters. The fourth-order valence-corrected chi connectivity index (χ4v) is 2.56. The van der Waals surface area contributed by atoms with Crippen molar-refractivity contribution in [1.29, 1.82) is 0 Å². The number of fused-ring (bicyclic) bond motifs is 1. The van der Waals surface area contributed by atoms with Crippen molar-refractivity contribution in [3.05, 3.63) is 41.9 Å². The predicted molar refractivity (Wildman–Crippen MR) is 69.7 cm³/mol. The summed E-state index contributed by atoms with van der Waals surface area (Å²) >= 11 is 0. The predicted octanol–water partition coefficient (Wildman–Crippen LogP) is 2.04. The Hall–Kier alpha value is -1.65. The van der Waals surface area contributed by atoms with Gasteiger partial charge in [-0.15, -0.1) is 0 Å². The van der Waals surface area contributed by atoms with Gasteiger partial charge in [0.05, 0.1) is 18.2 Å². The number of aliphatic hydroxyl groups excluding tert-OH is 1. The van der Waals surface area contributed by atoms with Gasteiger partial charge in [0.2, 0.25) is 0 Å². The quantitative estimate of drug-likeness (QED) is 0.759. The number of aliphatic hydroxyl groups is 1. The minimum atomic E-state index is -0.250. The van der Waals surface area contributed by atoms with E-state index in [1.165, 1.54) is 12.1 Å². The van der Waals surface area contributed by atoms with Crippen LogP contribution in [0.3, 0.4) is 0 Å². The zero-order chi connectivity index (χ0) is 12.5. The van der Waals surface area contributed by atoms with Gasteiger partial charge in [-0.1, -0.05) is 6.08 Å². The Morgan fingerprint density at radius 2 is 2.28 bits per heavy atom. The number of hydrogen-bond donors (Lipinski definition) is 3. The Morgan fingerprint density at radius 1 is 1.39 bits per heavy atom. The molecular weight excluding hydrogens is 231 g/mol. The van der Waals surface area contributed by atoms with Gasteiger partial charge in [-0.2, -0.15) is 0 Å². The van der Waals surface area contributed by atoms with Gasteiger partial charge in [0.25, 0.3) is 0 Å². The van der Waals surface area contributed by atoms with Gasteiger partial charge in [-0.05, 0) is 36.7 Å². The highest BCUT2D eigenvalue weighted by atomic mass is 19.1. The second-order valence-electron chi connectivity index (χ2n) is 4.53. The monoisotopic (exact) mass is 246 g/mol. The van der Waals surface area contributed by atoms with Gasteiger partial charge in [0.15, 0.2) is 0 Å². The molecule has 0 saturated heterocycles. The average Bonchev–Trinajstić information content (AvgIpc) is 2.85. The van der Waals surface area contributed by atoms with Crippen molar-refractivity contribution in [1.82, 2.24) is 10.3 Å². The molecule has 0 bridgehead atoms. The van der Waals surface area contributed by atoms with E-state index in [9.17, 15) is 9.50 Å². The smallest absolute Gasteiger partial charge is 0.124 e. The van der Waals surface area contributed by atoms with Crippen LogP contribution in [0.25, 0.3) is 16.5 Å². The van der Waals surface area contributed by atoms with Crippen molar-refractivity contribution in [3.8, 4) is 0 Å². The first-order valence-electron chi connectivity index (χ1n) is 6.11. The van der Waals surface area contributed by atoms with Crippen LogP contribution in [-0.4, -0.2) is 29.3 Å². The number of aromatic amines is 1. The summed E-state index contributed by atoms with van der Waals surface area (Å²) in [6, 6.07) is 4.78. The first kappa shape index (κ1) is 11.4. The molecule has 1 aromatic carbocycles. The van der Waals surface area contributed by atoms with Crippen molar-refractivity contribution in [3.63, 3.8) is 0 Å². The standard InChI is InChI=1S/C14H15FN2O/c15-10-6-9-3-5-17-14(9)12(7-10)11-2-1-4-16-13(11)8-18/h2-3,5-7,13,16-18H,1,4,8H2. The molecule has 0 amide bonds. The number of benzene rings is 1. The van der Waals surface area contributed by atoms with Gasteiger partial charge in [0, 0.05) is 17.1 Å². The molecule has 1 aromatic heterocycles. The lowest BCUT2D eigenvalue weighted by atomic mass is 9.93. The third-order valence-electron chi connectivity index (χ3n) is 3.39. The van der Waals surface area contributed by atoms with Gasteiger partial charge in [-0.25, -0.2) is 4.39 Å². The van der Waals surface area contributed by atoms with Crippen LogP contribution in [0.5, 0.6) is 0 Å². The van der Waals surface area contributed by atoms with Crippen molar-refractivity contribution in [2.24, 2.45) is 0 Å². The number of hydrogen-bond acceptors (Lipinski definition) is 2. The summed E-state index contributed by atoms with van der Waals surface area (Å²) in [4.78, 5) is 3.14. The highest BCUT2D eigenvalue weighted by Crippen LogP contribution is 2.29. The topological polar surface area (TPSA) is 48.0 Å². The Kier molecular flexibility index (Phi) is 2.89. The minimum absolute atomic E-state index is 0.0184. The van der Waals surface area contributed by atoms with E-state index in [-0.39, 0.29) is 18.5 Å². The van der Waals surface area contributed by atoms with Crippen LogP contribution in [-0.2, 0) is 0 Å². The molecular formula is C14H15FN2O. The molecule has 3 rings (SSSR count). The number of halogens is 1. The van der Waals surface area contributed by atoms with Crippen LogP contribution >= 0.6 is 0 Å². The summed E-state index contributed by atoms with van der Waals surface area (Å²) in [6.07, 6.45) is 4.77. The highest BCUT2D eigenvalue weighted by molar-refractivity contribution is 5.92. The molecule has 1 aliphatic rings. The SMILES string of the molecule is OCC1NCCC=C1c1cc(F)cc2cc[nH]c12. The molecule has 3 nitrogen and oxygen atoms in total. The second kappa shape index (κ2) is 4.55. The number of nitrogens with one attached hydrogen (secondary N) is 2. The normalized spacial score (nSPS) is 20.1. The Labute approximate surface area is 104 Å². The largest absolute Gasteiger partial charge is 0.394 e. The van der Waals surface area contributed by atoms with Crippen LogP contribution in [0.15, 0.2) is 30.5 Å². The van der Waals surface area contributed by atoms with Gasteiger partial charge < -0.3 is 15.4 Å². The van der Waals surface area contributed by atoms with E-state index in [0.29, 0.717) is 0 Å². The lowest BCUT2D eigenvalue weighted by Gasteiger charge is -2.24. The molecule has 94 valence electrons. The molecule has 0 saturated carbocycles. The van der Waals surface area contributed by atoms with Gasteiger partial charge >= 0.3 is 0 Å². The third kappa shape index (κ3) is 1.83. The molecule has 0 spiro atoms. The summed E-state index contributed by atoms with van der Waals surface area (Å²) < 4.78 is 13.6. The molecule has 2 aromatic rings. The molecule has 2 heterocycles. The summed E-state index contributed by atoms with van der Waals surface area (Å²) in [5.74, 6) is -0.250. The molecule has 0 aliphatic carbocycles. The van der Waals surface area contributed by atoms with Crippen LogP contribution in [0.1, 0.15) is 12.0 Å². The summed E-state index contributed by atoms with van der Waals surface area (Å²) in [7, 11) is 0. The van der Waals surface area contributed by atoms with E-state index >= 15 is 0 Å². The van der Waals surface area contributed by atoms with E-state index in [2.05, 4.69) is 16.4 Å². The molecule has 4 heteroatoms. The van der Waals surface area contributed by atoms with E-state index in [1.54, 1.807) is 6.20 Å². The first-order chi connectivity index (χ1) is 8.79. The fraction of sp³-hybridized carbons (Fsp3) is 0.286. The van der Waals surface area contributed by atoms with E-state index < -0.39 is 0 Å². The Bertz CT molecular complexity index is 603. The summed E-state index contributed by atoms with van der Waals surface area (Å²) in [6.45, 7) is 0.864. The van der Waals surface area contributed by atoms with Crippen molar-refractivity contribution < 1.29 is 9.50 Å². The van der Waals surface area contributed by atoms with Gasteiger partial charge in [-0.3, -0.25) is 0 Å². The van der Waals surface area contributed by atoms with Crippen LogP contribution in [0, 0.1) is 5.82 Å². The van der Waals surface area contributed by atoms with Crippen LogP contribution in [0.2, 0.25) is 0 Å². The van der Waals surface area contributed by atoms with E-state index in [1.807, 2.05) is 6.07 Å². The van der Waals surface area contributed by atoms with Crippen molar-refractivity contribution in [2.45, 2.75) is 12.5 Å². The molecule has 1 aliphatic heterocycles. The highest BCUT2D eigenvalue weighted by Gasteiger charge is 2.20. The lowest BCUT2D eigenvalue weighted by molar-refractivity contribution is 0.266. The molecule has 18 heavy (non-hydrogen) atoms. The summed E-state index contributed by atoms with van der Waals surface area (Å²) in [5.41, 5.74) is 2.72. The lowest BCUT2D eigenvalue weighted by Crippen LogP contribution is -2.37. The maximum Gasteiger partial charge on any atom is 0.124 e. The Balaban J connectivity index is 2.18. The number of aromatic nitrogens is 1. The Morgan fingerprint density at radius 3 is 3.11 bits per heavy atom. The zero-order valence-electron chi connectivity index (χ0n) is 9.91. The number of rotatable bonds is 2. The van der Waals surface area contributed by atoms with Crippen molar-refractivity contribution >= 4 is 16.5 Å². The van der Waals surface area contributed by atoms with Crippen LogP contribution in [0.4, 0.5) is 4.39 Å². The third-order valence-corrected chi connectivity index (χ3v) is 3.39. The van der Waals surface area contributed by atoms with Crippen molar-refractivity contribution in [2.75, 3.05) is 13.2 Å². The molecule has 0 radical (unpaired) electrons. The van der Waals surface area contributed by atoms with Crippen LogP contribution < -0.4 is 5.32 Å². The van der Waals surface area contributed by atoms with E-state index in [0.717, 1.165) is 35.0 Å². The fourth-order valence-electron chi connectivity index (χ4n) is 2.56. The maximum absolute atomic E-state index is 13.6. The number of H-pyrrole nitrogens is 1. The first-order valence-corrected chi connectivity index (χ1v) is 6.11. The average molecular weight is 246 g/mol.